The molecule has 1 saturated heterocycles. The molecule has 20 heavy (non-hydrogen) atoms. The summed E-state index contributed by atoms with van der Waals surface area (Å²) in [5, 5.41) is 2.78. The fourth-order valence-electron chi connectivity index (χ4n) is 2.12. The standard InChI is InChI=1S/C15H20N2O3/c18-14(12-13-4-2-1-3-5-13)16-7-6-15(19)17-8-10-20-11-9-17/h1-5H,6-12H2,(H,16,18). The molecule has 0 aromatic heterocycles. The highest BCUT2D eigenvalue weighted by Gasteiger charge is 2.16. The van der Waals surface area contributed by atoms with Crippen molar-refractivity contribution < 1.29 is 14.3 Å². The van der Waals surface area contributed by atoms with E-state index in [1.165, 1.54) is 0 Å². The zero-order valence-corrected chi connectivity index (χ0v) is 11.5. The molecule has 108 valence electrons. The predicted octanol–water partition coefficient (Wildman–Crippen LogP) is 0.594. The van der Waals surface area contributed by atoms with Gasteiger partial charge >= 0.3 is 0 Å². The van der Waals surface area contributed by atoms with Gasteiger partial charge in [0.1, 0.15) is 0 Å². The van der Waals surface area contributed by atoms with Crippen LogP contribution in [0.2, 0.25) is 0 Å². The molecule has 5 heteroatoms. The highest BCUT2D eigenvalue weighted by Crippen LogP contribution is 2.01. The van der Waals surface area contributed by atoms with Gasteiger partial charge in [0.2, 0.25) is 11.8 Å². The van der Waals surface area contributed by atoms with Crippen LogP contribution in [-0.4, -0.2) is 49.6 Å². The number of ether oxygens (including phenoxy) is 1. The second-order valence-corrected chi connectivity index (χ2v) is 4.76. The van der Waals surface area contributed by atoms with Crippen LogP contribution in [0.25, 0.3) is 0 Å². The van der Waals surface area contributed by atoms with E-state index < -0.39 is 0 Å². The Labute approximate surface area is 118 Å². The molecule has 1 N–H and O–H groups in total. The van der Waals surface area contributed by atoms with Crippen LogP contribution in [0.15, 0.2) is 30.3 Å². The zero-order valence-electron chi connectivity index (χ0n) is 11.5. The summed E-state index contributed by atoms with van der Waals surface area (Å²) in [6, 6.07) is 9.56. The van der Waals surface area contributed by atoms with Crippen molar-refractivity contribution >= 4 is 11.8 Å². The van der Waals surface area contributed by atoms with Gasteiger partial charge in [-0.15, -0.1) is 0 Å². The molecule has 0 spiro atoms. The van der Waals surface area contributed by atoms with E-state index in [1.807, 2.05) is 30.3 Å². The summed E-state index contributed by atoms with van der Waals surface area (Å²) in [7, 11) is 0. The van der Waals surface area contributed by atoms with E-state index in [9.17, 15) is 9.59 Å². The first-order valence-corrected chi connectivity index (χ1v) is 6.92. The summed E-state index contributed by atoms with van der Waals surface area (Å²) >= 11 is 0. The van der Waals surface area contributed by atoms with Crippen molar-refractivity contribution in [2.45, 2.75) is 12.8 Å². The number of carbonyl (C=O) groups is 2. The van der Waals surface area contributed by atoms with E-state index in [1.54, 1.807) is 4.90 Å². The highest BCUT2D eigenvalue weighted by atomic mass is 16.5. The Morgan fingerprint density at radius 2 is 1.85 bits per heavy atom. The van der Waals surface area contributed by atoms with Crippen LogP contribution < -0.4 is 5.32 Å². The van der Waals surface area contributed by atoms with Crippen molar-refractivity contribution in [2.24, 2.45) is 0 Å². The first kappa shape index (κ1) is 14.5. The monoisotopic (exact) mass is 276 g/mol. The Morgan fingerprint density at radius 1 is 1.15 bits per heavy atom. The summed E-state index contributed by atoms with van der Waals surface area (Å²) < 4.78 is 5.20. The maximum Gasteiger partial charge on any atom is 0.224 e. The molecule has 0 atom stereocenters. The normalized spacial score (nSPS) is 14.9. The van der Waals surface area contributed by atoms with Crippen molar-refractivity contribution in [3.63, 3.8) is 0 Å². The molecule has 0 unspecified atom stereocenters. The lowest BCUT2D eigenvalue weighted by Crippen LogP contribution is -2.42. The first-order chi connectivity index (χ1) is 9.75. The van der Waals surface area contributed by atoms with Crippen LogP contribution in [-0.2, 0) is 20.7 Å². The number of hydrogen-bond donors (Lipinski definition) is 1. The minimum Gasteiger partial charge on any atom is -0.378 e. The molecule has 1 aromatic rings. The number of benzene rings is 1. The molecule has 2 amide bonds. The van der Waals surface area contributed by atoms with Gasteiger partial charge in [0.05, 0.1) is 19.6 Å². The SMILES string of the molecule is O=C(Cc1ccccc1)NCCC(=O)N1CCOCC1. The minimum absolute atomic E-state index is 0.0500. The van der Waals surface area contributed by atoms with Crippen molar-refractivity contribution in [1.29, 1.82) is 0 Å². The van der Waals surface area contributed by atoms with E-state index in [2.05, 4.69) is 5.32 Å². The van der Waals surface area contributed by atoms with Crippen LogP contribution >= 0.6 is 0 Å². The quantitative estimate of drug-likeness (QED) is 0.856. The first-order valence-electron chi connectivity index (χ1n) is 6.92. The van der Waals surface area contributed by atoms with Gasteiger partial charge in [-0.05, 0) is 5.56 Å². The zero-order chi connectivity index (χ0) is 14.2. The van der Waals surface area contributed by atoms with Crippen LogP contribution in [0.1, 0.15) is 12.0 Å². The second kappa shape index (κ2) is 7.65. The third kappa shape index (κ3) is 4.66. The molecule has 0 radical (unpaired) electrons. The number of amides is 2. The average molecular weight is 276 g/mol. The molecular formula is C15H20N2O3. The third-order valence-electron chi connectivity index (χ3n) is 3.23. The predicted molar refractivity (Wildman–Crippen MR) is 75.2 cm³/mol. The van der Waals surface area contributed by atoms with Gasteiger partial charge in [-0.3, -0.25) is 9.59 Å². The number of hydrogen-bond acceptors (Lipinski definition) is 3. The lowest BCUT2D eigenvalue weighted by Gasteiger charge is -2.26. The Morgan fingerprint density at radius 3 is 2.55 bits per heavy atom. The lowest BCUT2D eigenvalue weighted by molar-refractivity contribution is -0.135. The fraction of sp³-hybridized carbons (Fsp3) is 0.467. The Hall–Kier alpha value is -1.88. The summed E-state index contributed by atoms with van der Waals surface area (Å²) in [6.45, 7) is 2.90. The fourth-order valence-corrected chi connectivity index (χ4v) is 2.12. The number of nitrogens with one attached hydrogen (secondary N) is 1. The van der Waals surface area contributed by atoms with Gasteiger partial charge in [0, 0.05) is 26.1 Å². The summed E-state index contributed by atoms with van der Waals surface area (Å²) in [5.74, 6) is 0.0271. The van der Waals surface area contributed by atoms with Crippen LogP contribution in [0.5, 0.6) is 0 Å². The maximum atomic E-state index is 11.9. The topological polar surface area (TPSA) is 58.6 Å². The molecule has 5 nitrogen and oxygen atoms in total. The van der Waals surface area contributed by atoms with E-state index in [0.29, 0.717) is 45.7 Å². The van der Waals surface area contributed by atoms with Crippen LogP contribution in [0.4, 0.5) is 0 Å². The molecule has 2 rings (SSSR count). The van der Waals surface area contributed by atoms with Crippen LogP contribution in [0.3, 0.4) is 0 Å². The van der Waals surface area contributed by atoms with E-state index in [-0.39, 0.29) is 11.8 Å². The van der Waals surface area contributed by atoms with E-state index >= 15 is 0 Å². The molecule has 0 bridgehead atoms. The van der Waals surface area contributed by atoms with Gasteiger partial charge in [-0.2, -0.15) is 0 Å². The van der Waals surface area contributed by atoms with Crippen molar-refractivity contribution in [3.8, 4) is 0 Å². The average Bonchev–Trinajstić information content (AvgIpc) is 2.49. The second-order valence-electron chi connectivity index (χ2n) is 4.76. The molecular weight excluding hydrogens is 256 g/mol. The van der Waals surface area contributed by atoms with Gasteiger partial charge in [0.25, 0.3) is 0 Å². The molecule has 0 saturated carbocycles. The highest BCUT2D eigenvalue weighted by molar-refractivity contribution is 5.80. The molecule has 1 aliphatic rings. The molecule has 1 fully saturated rings. The Bertz CT molecular complexity index is 442. The summed E-state index contributed by atoms with van der Waals surface area (Å²) in [5.41, 5.74) is 0.976. The minimum atomic E-state index is -0.0500. The smallest absolute Gasteiger partial charge is 0.224 e. The summed E-state index contributed by atoms with van der Waals surface area (Å²) in [6.07, 6.45) is 0.702. The Kier molecular flexibility index (Phi) is 5.55. The largest absolute Gasteiger partial charge is 0.378 e. The maximum absolute atomic E-state index is 11.9. The van der Waals surface area contributed by atoms with Crippen molar-refractivity contribution in [3.05, 3.63) is 35.9 Å². The van der Waals surface area contributed by atoms with Crippen molar-refractivity contribution in [2.75, 3.05) is 32.8 Å². The van der Waals surface area contributed by atoms with E-state index in [0.717, 1.165) is 5.56 Å². The molecule has 1 aliphatic heterocycles. The van der Waals surface area contributed by atoms with Gasteiger partial charge in [-0.1, -0.05) is 30.3 Å². The van der Waals surface area contributed by atoms with E-state index in [4.69, 9.17) is 4.74 Å². The number of nitrogens with zero attached hydrogens (tertiary/aromatic N) is 1. The Balaban J connectivity index is 1.65. The van der Waals surface area contributed by atoms with Gasteiger partial charge in [-0.25, -0.2) is 0 Å². The van der Waals surface area contributed by atoms with Crippen LogP contribution in [0, 0.1) is 0 Å². The third-order valence-corrected chi connectivity index (χ3v) is 3.23. The number of rotatable bonds is 5. The molecule has 0 aliphatic carbocycles. The molecule has 1 heterocycles. The molecule has 1 aromatic carbocycles. The van der Waals surface area contributed by atoms with Gasteiger partial charge < -0.3 is 15.0 Å². The van der Waals surface area contributed by atoms with Gasteiger partial charge in [0.15, 0.2) is 0 Å². The van der Waals surface area contributed by atoms with Crippen molar-refractivity contribution in [1.82, 2.24) is 10.2 Å². The number of morpholine rings is 1. The number of carbonyl (C=O) groups excluding carboxylic acids is 2. The lowest BCUT2D eigenvalue weighted by atomic mass is 10.1. The summed E-state index contributed by atoms with van der Waals surface area (Å²) in [4.78, 5) is 25.4.